The van der Waals surface area contributed by atoms with Gasteiger partial charge < -0.3 is 33.8 Å². The first-order chi connectivity index (χ1) is 52.7. The van der Waals surface area contributed by atoms with E-state index in [1.807, 2.05) is 48.6 Å². The standard InChI is InChI=1S/C89H140O17P2/c1-5-9-13-17-21-25-29-33-36-39-41-44-47-51-54-58-62-66-70-74-87(92)100-80-85(106-89(94)76-72-68-64-60-56-52-48-45-42-40-37-34-30-26-22-18-14-10-6-2)82-104-108(97,98)102-78-83(90)77-101-107(95,96)103-81-84(105-88(93)75-71-67-63-59-55-49-32-28-24-20-16-12-8-4)79-99-86(91)73-69-65-61-57-53-50-46-43-38-35-31-27-23-19-15-11-7-3/h9-11,13-15,21-23,25-27,33-38,41-42,44-46,50-52,54,56-57,61-62,64,66,68,83-85,90H,5-8,12,16-20,24,28-32,39-40,43,47-49,53,55,58-60,63,65,67,69-82H2,1-4H3,(H,95,96)(H,97,98)/b13-9-,14-10-,15-11-,25-21-,26-22-,27-23-,36-33-,37-34-,38-35-,44-41-,45-42-,50-46-,54-51-,56-52-,61-57-,66-62-,68-64-. The molecule has 0 rings (SSSR count). The van der Waals surface area contributed by atoms with E-state index in [1.54, 1.807) is 0 Å². The SMILES string of the molecule is CC/C=C\C/C=C\C/C=C\C/C=C\C/C=C\C/C=C\CCC(=O)OCC(COP(=O)(O)OCC(O)COP(=O)(O)OCC(COC(=O)CCC/C=C\C/C=C\C/C=C\C/C=C\C/C=C\CC)OC(=O)CCCCCCCCCCCCCCC)OC(=O)CC/C=C\C/C=C\C/C=C\C/C=C\C/C=C\C/C=C\CC. The fourth-order valence-corrected chi connectivity index (χ4v) is 11.4. The lowest BCUT2D eigenvalue weighted by Gasteiger charge is -2.21. The zero-order chi connectivity index (χ0) is 78.9. The molecule has 17 nitrogen and oxygen atoms in total. The van der Waals surface area contributed by atoms with Gasteiger partial charge in [-0.3, -0.25) is 37.3 Å². The van der Waals surface area contributed by atoms with E-state index in [0.717, 1.165) is 122 Å². The van der Waals surface area contributed by atoms with Gasteiger partial charge in [0.15, 0.2) is 12.2 Å². The number of esters is 4. The van der Waals surface area contributed by atoms with Crippen LogP contribution in [0, 0.1) is 0 Å². The molecule has 608 valence electrons. The molecule has 0 aliphatic heterocycles. The second-order valence-electron chi connectivity index (χ2n) is 25.9. The van der Waals surface area contributed by atoms with Crippen LogP contribution in [0.3, 0.4) is 0 Å². The molecule has 0 aromatic rings. The van der Waals surface area contributed by atoms with Gasteiger partial charge in [-0.15, -0.1) is 0 Å². The number of aliphatic hydroxyl groups is 1. The Hall–Kier alpha value is -6.36. The van der Waals surface area contributed by atoms with Gasteiger partial charge in [-0.05, 0) is 141 Å². The summed E-state index contributed by atoms with van der Waals surface area (Å²) in [6.45, 7) is 4.27. The van der Waals surface area contributed by atoms with Crippen molar-refractivity contribution in [3.63, 3.8) is 0 Å². The molecule has 0 aliphatic rings. The first-order valence-corrected chi connectivity index (χ1v) is 43.3. The number of phosphoric ester groups is 2. The minimum absolute atomic E-state index is 0.0106. The van der Waals surface area contributed by atoms with Crippen molar-refractivity contribution < 1.29 is 80.2 Å². The van der Waals surface area contributed by atoms with E-state index < -0.39 is 97.5 Å². The fourth-order valence-electron chi connectivity index (χ4n) is 9.78. The van der Waals surface area contributed by atoms with Crippen molar-refractivity contribution in [2.75, 3.05) is 39.6 Å². The molecule has 0 amide bonds. The third-order valence-electron chi connectivity index (χ3n) is 15.8. The van der Waals surface area contributed by atoms with Crippen molar-refractivity contribution in [2.45, 2.75) is 290 Å². The number of rotatable bonds is 73. The van der Waals surface area contributed by atoms with Crippen LogP contribution in [0.5, 0.6) is 0 Å². The number of hydrogen-bond donors (Lipinski definition) is 3. The minimum Gasteiger partial charge on any atom is -0.462 e. The molecular formula is C89H140O17P2. The summed E-state index contributed by atoms with van der Waals surface area (Å²) in [6.07, 6.45) is 98.5. The van der Waals surface area contributed by atoms with Crippen molar-refractivity contribution in [1.29, 1.82) is 0 Å². The molecular weight excluding hydrogens is 1400 g/mol. The number of hydrogen-bond acceptors (Lipinski definition) is 15. The molecule has 0 spiro atoms. The number of allylic oxidation sites excluding steroid dienone is 34. The lowest BCUT2D eigenvalue weighted by molar-refractivity contribution is -0.161. The van der Waals surface area contributed by atoms with E-state index >= 15 is 0 Å². The largest absolute Gasteiger partial charge is 0.472 e. The van der Waals surface area contributed by atoms with Crippen molar-refractivity contribution in [3.05, 3.63) is 207 Å². The lowest BCUT2D eigenvalue weighted by Crippen LogP contribution is -2.30. The maximum Gasteiger partial charge on any atom is 0.472 e. The zero-order valence-electron chi connectivity index (χ0n) is 66.4. The van der Waals surface area contributed by atoms with Gasteiger partial charge >= 0.3 is 39.5 Å². The number of carbonyl (C=O) groups excluding carboxylic acids is 4. The Kier molecular flexibility index (Phi) is 74.1. The Labute approximate surface area is 652 Å². The molecule has 5 unspecified atom stereocenters. The summed E-state index contributed by atoms with van der Waals surface area (Å²) in [4.78, 5) is 73.0. The topological polar surface area (TPSA) is 237 Å². The number of unbranched alkanes of at least 4 members (excludes halogenated alkanes) is 13. The minimum atomic E-state index is -5.03. The smallest absolute Gasteiger partial charge is 0.462 e. The molecule has 0 fully saturated rings. The van der Waals surface area contributed by atoms with Crippen LogP contribution in [0.1, 0.15) is 272 Å². The van der Waals surface area contributed by atoms with Gasteiger partial charge in [0, 0.05) is 25.7 Å². The van der Waals surface area contributed by atoms with E-state index in [4.69, 9.17) is 37.0 Å². The van der Waals surface area contributed by atoms with Crippen LogP contribution in [-0.2, 0) is 65.4 Å². The van der Waals surface area contributed by atoms with Crippen LogP contribution < -0.4 is 0 Å². The van der Waals surface area contributed by atoms with Gasteiger partial charge in [0.1, 0.15) is 19.3 Å². The highest BCUT2D eigenvalue weighted by atomic mass is 31.2. The normalized spacial score (nSPS) is 14.9. The van der Waals surface area contributed by atoms with Crippen LogP contribution in [-0.4, -0.2) is 96.7 Å². The molecule has 0 saturated heterocycles. The molecule has 0 aromatic carbocycles. The van der Waals surface area contributed by atoms with Gasteiger partial charge in [-0.25, -0.2) is 9.13 Å². The van der Waals surface area contributed by atoms with E-state index in [9.17, 15) is 43.2 Å². The molecule has 3 N–H and O–H groups in total. The molecule has 0 heterocycles. The third kappa shape index (κ3) is 77.8. The second kappa shape index (κ2) is 78.8. The zero-order valence-corrected chi connectivity index (χ0v) is 68.2. The highest BCUT2D eigenvalue weighted by molar-refractivity contribution is 7.47. The summed E-state index contributed by atoms with van der Waals surface area (Å²) in [5.74, 6) is -2.46. The number of aliphatic hydroxyl groups excluding tert-OH is 1. The van der Waals surface area contributed by atoms with Crippen molar-refractivity contribution in [2.24, 2.45) is 0 Å². The van der Waals surface area contributed by atoms with Gasteiger partial charge in [-0.2, -0.15) is 0 Å². The Balaban J connectivity index is 5.57. The third-order valence-corrected chi connectivity index (χ3v) is 17.7. The van der Waals surface area contributed by atoms with Crippen molar-refractivity contribution in [1.82, 2.24) is 0 Å². The molecule has 19 heteroatoms. The summed E-state index contributed by atoms with van der Waals surface area (Å²) in [7, 11) is -10.0. The molecule has 0 radical (unpaired) electrons. The van der Waals surface area contributed by atoms with Crippen LogP contribution in [0.15, 0.2) is 207 Å². The van der Waals surface area contributed by atoms with Crippen molar-refractivity contribution in [3.8, 4) is 0 Å². The van der Waals surface area contributed by atoms with Crippen LogP contribution in [0.25, 0.3) is 0 Å². The Morgan fingerprint density at radius 2 is 0.500 bits per heavy atom. The molecule has 0 saturated carbocycles. The second-order valence-corrected chi connectivity index (χ2v) is 28.8. The highest BCUT2D eigenvalue weighted by Gasteiger charge is 2.30. The summed E-state index contributed by atoms with van der Waals surface area (Å²) >= 11 is 0. The van der Waals surface area contributed by atoms with E-state index in [-0.39, 0.29) is 25.7 Å². The summed E-state index contributed by atoms with van der Waals surface area (Å²) in [5.41, 5.74) is 0. The van der Waals surface area contributed by atoms with Crippen LogP contribution in [0.4, 0.5) is 0 Å². The van der Waals surface area contributed by atoms with Crippen LogP contribution in [0.2, 0.25) is 0 Å². The average molecular weight is 1540 g/mol. The van der Waals surface area contributed by atoms with Gasteiger partial charge in [0.2, 0.25) is 0 Å². The summed E-state index contributed by atoms with van der Waals surface area (Å²) in [5, 5.41) is 10.6. The fraction of sp³-hybridized carbons (Fsp3) is 0.573. The van der Waals surface area contributed by atoms with Crippen LogP contribution >= 0.6 is 15.6 Å². The average Bonchev–Trinajstić information content (AvgIpc) is 0.892. The molecule has 0 aromatic heterocycles. The van der Waals surface area contributed by atoms with E-state index in [2.05, 4.69) is 186 Å². The number of phosphoric acid groups is 2. The number of carbonyl (C=O) groups is 4. The monoisotopic (exact) mass is 1540 g/mol. The predicted molar refractivity (Wildman–Crippen MR) is 445 cm³/mol. The Bertz CT molecular complexity index is 2860. The van der Waals surface area contributed by atoms with E-state index in [0.29, 0.717) is 44.9 Å². The Morgan fingerprint density at radius 1 is 0.269 bits per heavy atom. The number of ether oxygens (including phenoxy) is 4. The van der Waals surface area contributed by atoms with Gasteiger partial charge in [0.05, 0.1) is 26.4 Å². The van der Waals surface area contributed by atoms with Crippen molar-refractivity contribution >= 4 is 39.5 Å². The quantitative estimate of drug-likeness (QED) is 0.0169. The van der Waals surface area contributed by atoms with Gasteiger partial charge in [0.25, 0.3) is 0 Å². The maximum atomic E-state index is 13.1. The summed E-state index contributed by atoms with van der Waals surface area (Å²) in [6, 6.07) is 0. The molecule has 108 heavy (non-hydrogen) atoms. The maximum absolute atomic E-state index is 13.1. The molecule has 0 bridgehead atoms. The summed E-state index contributed by atoms with van der Waals surface area (Å²) < 4.78 is 68.4. The lowest BCUT2D eigenvalue weighted by atomic mass is 10.0. The van der Waals surface area contributed by atoms with Gasteiger partial charge in [-0.1, -0.05) is 311 Å². The molecule has 5 atom stereocenters. The Morgan fingerprint density at radius 3 is 0.806 bits per heavy atom. The first kappa shape index (κ1) is 102. The van der Waals surface area contributed by atoms with E-state index in [1.165, 1.54) is 51.4 Å². The predicted octanol–water partition coefficient (Wildman–Crippen LogP) is 23.9. The highest BCUT2D eigenvalue weighted by Crippen LogP contribution is 2.45. The molecule has 0 aliphatic carbocycles. The first-order valence-electron chi connectivity index (χ1n) is 40.3.